The molecular weight excluding hydrogens is 255 g/mol. The molecule has 0 atom stereocenters. The highest BCUT2D eigenvalue weighted by Crippen LogP contribution is 2.29. The molecule has 0 radical (unpaired) electrons. The summed E-state index contributed by atoms with van der Waals surface area (Å²) in [5.74, 6) is -0.150. The maximum atomic E-state index is 14.4. The summed E-state index contributed by atoms with van der Waals surface area (Å²) in [4.78, 5) is 2.10. The molecule has 0 aliphatic carbocycles. The van der Waals surface area contributed by atoms with Crippen molar-refractivity contribution < 1.29 is 9.13 Å². The van der Waals surface area contributed by atoms with E-state index in [1.54, 1.807) is 6.07 Å². The van der Waals surface area contributed by atoms with Gasteiger partial charge in [-0.1, -0.05) is 19.9 Å². The van der Waals surface area contributed by atoms with Gasteiger partial charge in [-0.05, 0) is 31.5 Å². The van der Waals surface area contributed by atoms with Crippen molar-refractivity contribution in [3.63, 3.8) is 0 Å². The van der Waals surface area contributed by atoms with E-state index >= 15 is 0 Å². The fourth-order valence-electron chi connectivity index (χ4n) is 2.51. The number of rotatable bonds is 4. The number of hydrogen-bond donors (Lipinski definition) is 1. The van der Waals surface area contributed by atoms with Gasteiger partial charge in [-0.3, -0.25) is 0 Å². The van der Waals surface area contributed by atoms with Crippen molar-refractivity contribution in [3.8, 4) is 0 Å². The van der Waals surface area contributed by atoms with Gasteiger partial charge in [-0.2, -0.15) is 0 Å². The molecule has 1 aromatic rings. The van der Waals surface area contributed by atoms with Crippen LogP contribution in [-0.2, 0) is 11.3 Å². The van der Waals surface area contributed by atoms with Crippen LogP contribution in [0.5, 0.6) is 0 Å². The number of benzene rings is 1. The third-order valence-electron chi connectivity index (χ3n) is 3.66. The molecule has 0 aromatic heterocycles. The third-order valence-corrected chi connectivity index (χ3v) is 3.66. The van der Waals surface area contributed by atoms with Crippen LogP contribution in [-0.4, -0.2) is 31.3 Å². The zero-order valence-electron chi connectivity index (χ0n) is 12.9. The van der Waals surface area contributed by atoms with Crippen molar-refractivity contribution in [2.75, 3.05) is 24.7 Å². The number of nitrogens with zero attached hydrogens (tertiary/aromatic N) is 1. The third kappa shape index (κ3) is 3.49. The molecule has 1 saturated heterocycles. The molecule has 0 spiro atoms. The number of nitrogens with one attached hydrogen (secondary N) is 1. The van der Waals surface area contributed by atoms with Crippen molar-refractivity contribution >= 4 is 5.69 Å². The Morgan fingerprint density at radius 2 is 2.15 bits per heavy atom. The molecule has 0 amide bonds. The Morgan fingerprint density at radius 1 is 1.40 bits per heavy atom. The fourth-order valence-corrected chi connectivity index (χ4v) is 2.51. The summed E-state index contributed by atoms with van der Waals surface area (Å²) >= 11 is 0. The molecular formula is C16H25FN2O. The summed E-state index contributed by atoms with van der Waals surface area (Å²) in [6.45, 7) is 11.0. The molecule has 2 rings (SSSR count). The van der Waals surface area contributed by atoms with Gasteiger partial charge in [0.25, 0.3) is 0 Å². The van der Waals surface area contributed by atoms with E-state index in [2.05, 4.69) is 37.9 Å². The first kappa shape index (κ1) is 15.3. The van der Waals surface area contributed by atoms with Gasteiger partial charge < -0.3 is 15.0 Å². The van der Waals surface area contributed by atoms with Crippen LogP contribution >= 0.6 is 0 Å². The molecule has 3 nitrogen and oxygen atoms in total. The Bertz CT molecular complexity index is 460. The minimum absolute atomic E-state index is 0.150. The van der Waals surface area contributed by atoms with Crippen LogP contribution in [0.2, 0.25) is 0 Å². The van der Waals surface area contributed by atoms with Crippen LogP contribution in [0.1, 0.15) is 33.3 Å². The van der Waals surface area contributed by atoms with E-state index < -0.39 is 0 Å². The molecule has 1 aromatic carbocycles. The average Bonchev–Trinajstić information content (AvgIpc) is 2.37. The first-order chi connectivity index (χ1) is 9.40. The summed E-state index contributed by atoms with van der Waals surface area (Å²) in [7, 11) is 0. The minimum Gasteiger partial charge on any atom is -0.377 e. The first-order valence-electron chi connectivity index (χ1n) is 7.27. The van der Waals surface area contributed by atoms with Gasteiger partial charge in [0.05, 0.1) is 24.4 Å². The average molecular weight is 280 g/mol. The highest BCUT2D eigenvalue weighted by Gasteiger charge is 2.32. The molecule has 1 aliphatic heterocycles. The zero-order valence-corrected chi connectivity index (χ0v) is 12.9. The van der Waals surface area contributed by atoms with E-state index in [9.17, 15) is 4.39 Å². The van der Waals surface area contributed by atoms with E-state index in [0.717, 1.165) is 12.1 Å². The van der Waals surface area contributed by atoms with Crippen LogP contribution < -0.4 is 10.2 Å². The van der Waals surface area contributed by atoms with E-state index in [1.165, 1.54) is 0 Å². The quantitative estimate of drug-likeness (QED) is 0.917. The van der Waals surface area contributed by atoms with E-state index in [4.69, 9.17) is 4.74 Å². The lowest BCUT2D eigenvalue weighted by Crippen LogP contribution is -2.53. The molecule has 1 fully saturated rings. The van der Waals surface area contributed by atoms with Gasteiger partial charge >= 0.3 is 0 Å². The van der Waals surface area contributed by atoms with Crippen molar-refractivity contribution in [1.29, 1.82) is 0 Å². The maximum absolute atomic E-state index is 14.4. The molecule has 1 heterocycles. The van der Waals surface area contributed by atoms with E-state index in [0.29, 0.717) is 31.5 Å². The lowest BCUT2D eigenvalue weighted by Gasteiger charge is -2.43. The van der Waals surface area contributed by atoms with Crippen molar-refractivity contribution in [2.45, 2.75) is 45.8 Å². The van der Waals surface area contributed by atoms with E-state index in [-0.39, 0.29) is 11.4 Å². The van der Waals surface area contributed by atoms with Crippen molar-refractivity contribution in [3.05, 3.63) is 29.6 Å². The van der Waals surface area contributed by atoms with Crippen molar-refractivity contribution in [1.82, 2.24) is 5.32 Å². The summed E-state index contributed by atoms with van der Waals surface area (Å²) in [6.07, 6.45) is 0. The second kappa shape index (κ2) is 6.10. The monoisotopic (exact) mass is 280 g/mol. The molecule has 1 N–H and O–H groups in total. The Labute approximate surface area is 121 Å². The molecule has 0 saturated carbocycles. The van der Waals surface area contributed by atoms with Crippen LogP contribution in [0.3, 0.4) is 0 Å². The van der Waals surface area contributed by atoms with Gasteiger partial charge in [0.2, 0.25) is 0 Å². The topological polar surface area (TPSA) is 24.5 Å². The number of halogens is 1. The molecule has 0 bridgehead atoms. The number of hydrogen-bond acceptors (Lipinski definition) is 3. The lowest BCUT2D eigenvalue weighted by atomic mass is 10.0. The molecule has 112 valence electrons. The Balaban J connectivity index is 2.16. The predicted octanol–water partition coefficient (Wildman–Crippen LogP) is 2.94. The zero-order chi connectivity index (χ0) is 14.8. The van der Waals surface area contributed by atoms with E-state index in [1.807, 2.05) is 12.1 Å². The van der Waals surface area contributed by atoms with Crippen LogP contribution in [0, 0.1) is 5.82 Å². The van der Waals surface area contributed by atoms with Gasteiger partial charge in [0, 0.05) is 19.1 Å². The number of ether oxygens (including phenoxy) is 1. The standard InChI is InChI=1S/C16H25FN2O/c1-12(2)18-10-13-5-6-15(14(17)9-13)19-7-8-20-11-16(19,3)4/h5-6,9,12,18H,7-8,10-11H2,1-4H3. The molecule has 20 heavy (non-hydrogen) atoms. The van der Waals surface area contributed by atoms with Gasteiger partial charge in [-0.25, -0.2) is 4.39 Å². The normalized spacial score (nSPS) is 18.6. The summed E-state index contributed by atoms with van der Waals surface area (Å²) in [5, 5.41) is 3.30. The second-order valence-corrected chi connectivity index (χ2v) is 6.34. The SMILES string of the molecule is CC(C)NCc1ccc(N2CCOCC2(C)C)c(F)c1. The van der Waals surface area contributed by atoms with Gasteiger partial charge in [-0.15, -0.1) is 0 Å². The van der Waals surface area contributed by atoms with Crippen LogP contribution in [0.15, 0.2) is 18.2 Å². The maximum Gasteiger partial charge on any atom is 0.146 e. The summed E-state index contributed by atoms with van der Waals surface area (Å²) in [5.41, 5.74) is 1.48. The van der Waals surface area contributed by atoms with Crippen LogP contribution in [0.4, 0.5) is 10.1 Å². The highest BCUT2D eigenvalue weighted by atomic mass is 19.1. The molecule has 1 aliphatic rings. The first-order valence-corrected chi connectivity index (χ1v) is 7.27. The lowest BCUT2D eigenvalue weighted by molar-refractivity contribution is 0.0640. The smallest absolute Gasteiger partial charge is 0.146 e. The minimum atomic E-state index is -0.170. The number of morpholine rings is 1. The predicted molar refractivity (Wildman–Crippen MR) is 80.6 cm³/mol. The summed E-state index contributed by atoms with van der Waals surface area (Å²) in [6, 6.07) is 5.92. The largest absolute Gasteiger partial charge is 0.377 e. The second-order valence-electron chi connectivity index (χ2n) is 6.34. The molecule has 4 heteroatoms. The van der Waals surface area contributed by atoms with Crippen LogP contribution in [0.25, 0.3) is 0 Å². The Hall–Kier alpha value is -1.13. The Kier molecular flexibility index (Phi) is 4.66. The Morgan fingerprint density at radius 3 is 2.75 bits per heavy atom. The van der Waals surface area contributed by atoms with Gasteiger partial charge in [0.1, 0.15) is 5.82 Å². The summed E-state index contributed by atoms with van der Waals surface area (Å²) < 4.78 is 19.9. The van der Waals surface area contributed by atoms with Gasteiger partial charge in [0.15, 0.2) is 0 Å². The number of anilines is 1. The highest BCUT2D eigenvalue weighted by molar-refractivity contribution is 5.51. The molecule has 0 unspecified atom stereocenters. The fraction of sp³-hybridized carbons (Fsp3) is 0.625. The van der Waals surface area contributed by atoms with Crippen molar-refractivity contribution in [2.24, 2.45) is 0 Å².